The van der Waals surface area contributed by atoms with Crippen molar-refractivity contribution in [3.63, 3.8) is 0 Å². The Hall–Kier alpha value is -2.14. The van der Waals surface area contributed by atoms with E-state index in [9.17, 15) is 9.18 Å². The van der Waals surface area contributed by atoms with Gasteiger partial charge in [-0.1, -0.05) is 24.6 Å². The summed E-state index contributed by atoms with van der Waals surface area (Å²) in [6.07, 6.45) is 3.96. The zero-order valence-electron chi connectivity index (χ0n) is 13.5. The summed E-state index contributed by atoms with van der Waals surface area (Å²) in [5.41, 5.74) is 2.26. The normalized spacial score (nSPS) is 15.8. The molecule has 0 amide bonds. The molecule has 1 saturated carbocycles. The summed E-state index contributed by atoms with van der Waals surface area (Å²) in [6.45, 7) is 2.01. The molecule has 0 bridgehead atoms. The molecule has 4 rings (SSSR count). The molecule has 1 unspecified atom stereocenters. The molecule has 1 atom stereocenters. The smallest absolute Gasteiger partial charge is 0.279 e. The van der Waals surface area contributed by atoms with E-state index in [1.54, 1.807) is 21.4 Å². The van der Waals surface area contributed by atoms with E-state index in [0.29, 0.717) is 11.6 Å². The Morgan fingerprint density at radius 1 is 1.33 bits per heavy atom. The van der Waals surface area contributed by atoms with Crippen LogP contribution < -0.4 is 5.56 Å². The van der Waals surface area contributed by atoms with Crippen molar-refractivity contribution in [2.24, 2.45) is 7.05 Å². The number of pyridine rings is 1. The Morgan fingerprint density at radius 3 is 2.75 bits per heavy atom. The highest BCUT2D eigenvalue weighted by Crippen LogP contribution is 2.35. The Kier molecular flexibility index (Phi) is 3.49. The first-order valence-corrected chi connectivity index (χ1v) is 8.38. The van der Waals surface area contributed by atoms with Gasteiger partial charge >= 0.3 is 0 Å². The van der Waals surface area contributed by atoms with E-state index in [2.05, 4.69) is 5.10 Å². The monoisotopic (exact) mass is 345 g/mol. The van der Waals surface area contributed by atoms with Crippen LogP contribution in [0.15, 0.2) is 35.3 Å². The van der Waals surface area contributed by atoms with Crippen LogP contribution in [0.1, 0.15) is 43.0 Å². The summed E-state index contributed by atoms with van der Waals surface area (Å²) in [4.78, 5) is 12.6. The molecule has 1 aliphatic carbocycles. The van der Waals surface area contributed by atoms with Gasteiger partial charge in [-0.05, 0) is 36.6 Å². The molecule has 124 valence electrons. The zero-order chi connectivity index (χ0) is 17.0. The summed E-state index contributed by atoms with van der Waals surface area (Å²) < 4.78 is 16.9. The molecule has 1 fully saturated rings. The minimum absolute atomic E-state index is 0.0406. The number of hydrogen-bond acceptors (Lipinski definition) is 2. The summed E-state index contributed by atoms with van der Waals surface area (Å²) in [7, 11) is 1.83. The molecule has 0 radical (unpaired) electrons. The molecule has 0 saturated heterocycles. The van der Waals surface area contributed by atoms with Gasteiger partial charge in [-0.15, -0.1) is 0 Å². The first-order valence-electron chi connectivity index (χ1n) is 8.00. The highest BCUT2D eigenvalue weighted by molar-refractivity contribution is 6.30. The van der Waals surface area contributed by atoms with Crippen LogP contribution in [0.4, 0.5) is 4.39 Å². The fourth-order valence-corrected chi connectivity index (χ4v) is 3.50. The third kappa shape index (κ3) is 2.35. The molecule has 0 aliphatic heterocycles. The van der Waals surface area contributed by atoms with Gasteiger partial charge in [0.2, 0.25) is 0 Å². The van der Waals surface area contributed by atoms with Crippen molar-refractivity contribution < 1.29 is 4.39 Å². The average Bonchev–Trinajstić information content (AvgIpc) is 3.32. The minimum atomic E-state index is -0.435. The lowest BCUT2D eigenvalue weighted by Gasteiger charge is -2.14. The van der Waals surface area contributed by atoms with Crippen molar-refractivity contribution in [3.8, 4) is 0 Å². The third-order valence-corrected chi connectivity index (χ3v) is 5.05. The molecule has 4 nitrogen and oxygen atoms in total. The van der Waals surface area contributed by atoms with E-state index in [1.807, 2.05) is 26.2 Å². The van der Waals surface area contributed by atoms with Crippen molar-refractivity contribution in [1.29, 1.82) is 0 Å². The van der Waals surface area contributed by atoms with Gasteiger partial charge in [-0.25, -0.2) is 4.39 Å². The van der Waals surface area contributed by atoms with Crippen LogP contribution in [0.25, 0.3) is 10.9 Å². The fraction of sp³-hybridized carbons (Fsp3) is 0.333. The molecular formula is C18H17ClFN3O. The van der Waals surface area contributed by atoms with Crippen molar-refractivity contribution in [2.45, 2.75) is 31.7 Å². The van der Waals surface area contributed by atoms with E-state index in [4.69, 9.17) is 11.6 Å². The van der Waals surface area contributed by atoms with E-state index >= 15 is 0 Å². The molecule has 0 spiro atoms. The SMILES string of the molecule is CC(c1ccc(F)c(Cl)c1)c1c2ccn(C3CC3)c(=O)c2nn1C. The van der Waals surface area contributed by atoms with Gasteiger partial charge < -0.3 is 4.57 Å². The summed E-state index contributed by atoms with van der Waals surface area (Å²) in [6, 6.07) is 6.99. The van der Waals surface area contributed by atoms with Crippen LogP contribution in [-0.2, 0) is 7.05 Å². The number of aromatic nitrogens is 3. The van der Waals surface area contributed by atoms with E-state index in [-0.39, 0.29) is 16.5 Å². The number of halogens is 2. The molecule has 1 aromatic carbocycles. The van der Waals surface area contributed by atoms with Gasteiger partial charge in [0.1, 0.15) is 5.82 Å². The molecule has 2 aromatic heterocycles. The molecule has 24 heavy (non-hydrogen) atoms. The number of nitrogens with zero attached hydrogens (tertiary/aromatic N) is 3. The van der Waals surface area contributed by atoms with E-state index in [0.717, 1.165) is 29.5 Å². The number of benzene rings is 1. The highest BCUT2D eigenvalue weighted by atomic mass is 35.5. The minimum Gasteiger partial charge on any atom is -0.311 e. The van der Waals surface area contributed by atoms with Gasteiger partial charge in [0, 0.05) is 30.6 Å². The van der Waals surface area contributed by atoms with Gasteiger partial charge in [0.25, 0.3) is 5.56 Å². The lowest BCUT2D eigenvalue weighted by atomic mass is 9.95. The molecule has 2 heterocycles. The van der Waals surface area contributed by atoms with E-state index in [1.165, 1.54) is 6.07 Å². The van der Waals surface area contributed by atoms with Crippen molar-refractivity contribution >= 4 is 22.5 Å². The number of rotatable bonds is 3. The van der Waals surface area contributed by atoms with Crippen molar-refractivity contribution in [1.82, 2.24) is 14.3 Å². The lowest BCUT2D eigenvalue weighted by molar-refractivity contribution is 0.626. The van der Waals surface area contributed by atoms with Crippen molar-refractivity contribution in [2.75, 3.05) is 0 Å². The topological polar surface area (TPSA) is 39.8 Å². The first kappa shape index (κ1) is 15.4. The van der Waals surface area contributed by atoms with Crippen molar-refractivity contribution in [3.05, 3.63) is 62.9 Å². The standard InChI is InChI=1S/C18H17ClFN3O/c1-10(11-3-6-15(20)14(19)9-11)17-13-7-8-23(12-4-5-12)18(24)16(13)21-22(17)2/h3,6-10,12H,4-5H2,1-2H3. The van der Waals surface area contributed by atoms with Gasteiger partial charge in [0.05, 0.1) is 10.7 Å². The molecule has 6 heteroatoms. The second-order valence-electron chi connectivity index (χ2n) is 6.43. The zero-order valence-corrected chi connectivity index (χ0v) is 14.2. The largest absolute Gasteiger partial charge is 0.311 e. The summed E-state index contributed by atoms with van der Waals surface area (Å²) in [5.74, 6) is -0.496. The predicted molar refractivity (Wildman–Crippen MR) is 92.2 cm³/mol. The Morgan fingerprint density at radius 2 is 2.08 bits per heavy atom. The Bertz CT molecular complexity index is 1000. The van der Waals surface area contributed by atoms with Crippen LogP contribution in [0.3, 0.4) is 0 Å². The van der Waals surface area contributed by atoms with E-state index < -0.39 is 5.82 Å². The highest BCUT2D eigenvalue weighted by Gasteiger charge is 2.27. The lowest BCUT2D eigenvalue weighted by Crippen LogP contribution is -2.18. The summed E-state index contributed by atoms with van der Waals surface area (Å²) >= 11 is 5.91. The Balaban J connectivity index is 1.86. The van der Waals surface area contributed by atoms with Gasteiger partial charge in [-0.2, -0.15) is 5.10 Å². The second-order valence-corrected chi connectivity index (χ2v) is 6.83. The molecule has 0 N–H and O–H groups in total. The number of hydrogen-bond donors (Lipinski definition) is 0. The summed E-state index contributed by atoms with van der Waals surface area (Å²) in [5, 5.41) is 5.39. The molecular weight excluding hydrogens is 329 g/mol. The predicted octanol–water partition coefficient (Wildman–Crippen LogP) is 4.01. The van der Waals surface area contributed by atoms with Crippen LogP contribution in [0.5, 0.6) is 0 Å². The number of aryl methyl sites for hydroxylation is 1. The van der Waals surface area contributed by atoms with Crippen LogP contribution in [0, 0.1) is 5.82 Å². The average molecular weight is 346 g/mol. The fourth-order valence-electron chi connectivity index (χ4n) is 3.31. The quantitative estimate of drug-likeness (QED) is 0.719. The maximum Gasteiger partial charge on any atom is 0.279 e. The Labute approximate surface area is 143 Å². The van der Waals surface area contributed by atoms with Crippen LogP contribution >= 0.6 is 11.6 Å². The van der Waals surface area contributed by atoms with Crippen LogP contribution in [-0.4, -0.2) is 14.3 Å². The molecule has 1 aliphatic rings. The van der Waals surface area contributed by atoms with Crippen LogP contribution in [0.2, 0.25) is 5.02 Å². The molecule has 3 aromatic rings. The number of fused-ring (bicyclic) bond motifs is 1. The first-order chi connectivity index (χ1) is 11.5. The third-order valence-electron chi connectivity index (χ3n) is 4.76. The van der Waals surface area contributed by atoms with Gasteiger partial charge in [-0.3, -0.25) is 9.48 Å². The second kappa shape index (κ2) is 5.45. The maximum absolute atomic E-state index is 13.4. The van der Waals surface area contributed by atoms with Gasteiger partial charge in [0.15, 0.2) is 5.52 Å². The maximum atomic E-state index is 13.4.